The summed E-state index contributed by atoms with van der Waals surface area (Å²) in [7, 11) is 0. The molecule has 6 heteroatoms. The Kier molecular flexibility index (Phi) is 4.34. The highest BCUT2D eigenvalue weighted by molar-refractivity contribution is 5.83. The largest absolute Gasteiger partial charge is 0.365 e. The minimum atomic E-state index is 0.382. The molecule has 29 heavy (non-hydrogen) atoms. The molecular weight excluding hydrogens is 360 g/mol. The zero-order valence-electron chi connectivity index (χ0n) is 17.2. The predicted octanol–water partition coefficient (Wildman–Crippen LogP) is 3.86. The van der Waals surface area contributed by atoms with Gasteiger partial charge in [0.2, 0.25) is 5.65 Å². The van der Waals surface area contributed by atoms with Gasteiger partial charge in [-0.3, -0.25) is 4.40 Å². The van der Waals surface area contributed by atoms with Crippen LogP contribution in [0.4, 0.5) is 11.5 Å². The maximum atomic E-state index is 5.01. The van der Waals surface area contributed by atoms with Gasteiger partial charge in [0.05, 0.1) is 11.0 Å². The number of hydrogen-bond acceptors (Lipinski definition) is 5. The standard InChI is InChI=1S/C23H26N6/c1-4-21-25-26-23-22(24-19-10-5-6-11-20(19)29(21)23)27-12-13-28(17(3)15-27)18-9-7-8-16(2)14-18/h5-11,14,17H,4,12-13,15H2,1-3H3/t17-/m1/s1. The number of piperazine rings is 1. The quantitative estimate of drug-likeness (QED) is 0.535. The lowest BCUT2D eigenvalue weighted by Crippen LogP contribution is -2.52. The Labute approximate surface area is 170 Å². The molecule has 1 aliphatic rings. The summed E-state index contributed by atoms with van der Waals surface area (Å²) in [6.07, 6.45) is 0.839. The van der Waals surface area contributed by atoms with Crippen LogP contribution < -0.4 is 9.80 Å². The Morgan fingerprint density at radius 3 is 2.69 bits per heavy atom. The van der Waals surface area contributed by atoms with Gasteiger partial charge in [0, 0.05) is 37.8 Å². The van der Waals surface area contributed by atoms with Crippen molar-refractivity contribution in [2.24, 2.45) is 0 Å². The summed E-state index contributed by atoms with van der Waals surface area (Å²) < 4.78 is 2.18. The third-order valence-corrected chi connectivity index (χ3v) is 5.86. The Hall–Kier alpha value is -3.15. The topological polar surface area (TPSA) is 49.6 Å². The van der Waals surface area contributed by atoms with Crippen LogP contribution in [0.5, 0.6) is 0 Å². The lowest BCUT2D eigenvalue weighted by atomic mass is 10.1. The van der Waals surface area contributed by atoms with Crippen molar-refractivity contribution in [1.82, 2.24) is 19.6 Å². The number of fused-ring (bicyclic) bond motifs is 3. The summed E-state index contributed by atoms with van der Waals surface area (Å²) in [6.45, 7) is 9.33. The smallest absolute Gasteiger partial charge is 0.204 e. The maximum absolute atomic E-state index is 5.01. The van der Waals surface area contributed by atoms with Crippen molar-refractivity contribution >= 4 is 28.2 Å². The van der Waals surface area contributed by atoms with E-state index in [9.17, 15) is 0 Å². The summed E-state index contributed by atoms with van der Waals surface area (Å²) in [4.78, 5) is 9.86. The van der Waals surface area contributed by atoms with Gasteiger partial charge in [0.25, 0.3) is 0 Å². The van der Waals surface area contributed by atoms with Crippen LogP contribution in [-0.2, 0) is 6.42 Å². The molecule has 2 aromatic heterocycles. The summed E-state index contributed by atoms with van der Waals surface area (Å²) in [5, 5.41) is 8.97. The van der Waals surface area contributed by atoms with Crippen molar-refractivity contribution in [2.75, 3.05) is 29.4 Å². The minimum Gasteiger partial charge on any atom is -0.365 e. The maximum Gasteiger partial charge on any atom is 0.204 e. The van der Waals surface area contributed by atoms with Gasteiger partial charge in [-0.05, 0) is 43.7 Å². The molecule has 0 saturated carbocycles. The Morgan fingerprint density at radius 2 is 1.90 bits per heavy atom. The number of para-hydroxylation sites is 2. The third kappa shape index (κ3) is 2.99. The first kappa shape index (κ1) is 17.9. The molecule has 148 valence electrons. The molecule has 0 unspecified atom stereocenters. The fourth-order valence-corrected chi connectivity index (χ4v) is 4.41. The molecule has 1 atom stereocenters. The summed E-state index contributed by atoms with van der Waals surface area (Å²) in [5.74, 6) is 1.91. The molecule has 0 spiro atoms. The Bertz CT molecular complexity index is 1180. The van der Waals surface area contributed by atoms with E-state index in [0.717, 1.165) is 54.4 Å². The van der Waals surface area contributed by atoms with Gasteiger partial charge in [0.1, 0.15) is 5.82 Å². The van der Waals surface area contributed by atoms with Gasteiger partial charge >= 0.3 is 0 Å². The normalized spacial score (nSPS) is 17.4. The van der Waals surface area contributed by atoms with E-state index in [1.807, 2.05) is 12.1 Å². The van der Waals surface area contributed by atoms with Gasteiger partial charge in [0.15, 0.2) is 5.82 Å². The number of aromatic nitrogens is 4. The molecule has 3 heterocycles. The second-order valence-electron chi connectivity index (χ2n) is 7.88. The predicted molar refractivity (Wildman–Crippen MR) is 118 cm³/mol. The van der Waals surface area contributed by atoms with E-state index in [0.29, 0.717) is 6.04 Å². The summed E-state index contributed by atoms with van der Waals surface area (Å²) in [5.41, 5.74) is 5.50. The van der Waals surface area contributed by atoms with Crippen molar-refractivity contribution in [3.05, 3.63) is 59.9 Å². The zero-order valence-corrected chi connectivity index (χ0v) is 17.2. The van der Waals surface area contributed by atoms with E-state index in [1.165, 1.54) is 11.3 Å². The zero-order chi connectivity index (χ0) is 20.0. The Balaban J connectivity index is 1.54. The van der Waals surface area contributed by atoms with Gasteiger partial charge in [-0.25, -0.2) is 4.98 Å². The first-order valence-corrected chi connectivity index (χ1v) is 10.4. The molecule has 5 rings (SSSR count). The minimum absolute atomic E-state index is 0.382. The molecule has 1 aliphatic heterocycles. The monoisotopic (exact) mass is 386 g/mol. The highest BCUT2D eigenvalue weighted by atomic mass is 15.3. The van der Waals surface area contributed by atoms with Crippen LogP contribution >= 0.6 is 0 Å². The number of hydrogen-bond donors (Lipinski definition) is 0. The van der Waals surface area contributed by atoms with Crippen LogP contribution in [0, 0.1) is 6.92 Å². The SMILES string of the molecule is CCc1nnc2c(N3CCN(c4cccc(C)c4)[C@H](C)C3)nc3ccccc3n12. The van der Waals surface area contributed by atoms with E-state index in [2.05, 4.69) is 81.6 Å². The second kappa shape index (κ2) is 7.03. The third-order valence-electron chi connectivity index (χ3n) is 5.86. The molecular formula is C23H26N6. The van der Waals surface area contributed by atoms with Gasteiger partial charge in [-0.2, -0.15) is 0 Å². The van der Waals surface area contributed by atoms with Gasteiger partial charge < -0.3 is 9.80 Å². The molecule has 2 aromatic carbocycles. The Morgan fingerprint density at radius 1 is 1.03 bits per heavy atom. The fraction of sp³-hybridized carbons (Fsp3) is 0.348. The molecule has 1 saturated heterocycles. The molecule has 0 amide bonds. The molecule has 0 N–H and O–H groups in total. The molecule has 0 bridgehead atoms. The fourth-order valence-electron chi connectivity index (χ4n) is 4.41. The molecule has 4 aromatic rings. The summed E-state index contributed by atoms with van der Waals surface area (Å²) in [6, 6.07) is 17.4. The highest BCUT2D eigenvalue weighted by Crippen LogP contribution is 2.28. The lowest BCUT2D eigenvalue weighted by molar-refractivity contribution is 0.548. The van der Waals surface area contributed by atoms with Crippen molar-refractivity contribution in [3.63, 3.8) is 0 Å². The van der Waals surface area contributed by atoms with Crippen LogP contribution in [0.15, 0.2) is 48.5 Å². The number of rotatable bonds is 3. The van der Waals surface area contributed by atoms with Crippen molar-refractivity contribution in [2.45, 2.75) is 33.2 Å². The van der Waals surface area contributed by atoms with Gasteiger partial charge in [-0.15, -0.1) is 10.2 Å². The van der Waals surface area contributed by atoms with Crippen LogP contribution in [0.1, 0.15) is 25.2 Å². The van der Waals surface area contributed by atoms with E-state index in [4.69, 9.17) is 4.98 Å². The van der Waals surface area contributed by atoms with E-state index < -0.39 is 0 Å². The van der Waals surface area contributed by atoms with Crippen LogP contribution in [0.3, 0.4) is 0 Å². The molecule has 0 aliphatic carbocycles. The number of nitrogens with zero attached hydrogens (tertiary/aromatic N) is 6. The van der Waals surface area contributed by atoms with Crippen LogP contribution in [-0.4, -0.2) is 45.3 Å². The van der Waals surface area contributed by atoms with Crippen molar-refractivity contribution in [1.29, 1.82) is 0 Å². The first-order valence-electron chi connectivity index (χ1n) is 10.4. The first-order chi connectivity index (χ1) is 14.2. The van der Waals surface area contributed by atoms with Crippen molar-refractivity contribution in [3.8, 4) is 0 Å². The van der Waals surface area contributed by atoms with Crippen molar-refractivity contribution < 1.29 is 0 Å². The highest BCUT2D eigenvalue weighted by Gasteiger charge is 2.27. The lowest BCUT2D eigenvalue weighted by Gasteiger charge is -2.41. The summed E-state index contributed by atoms with van der Waals surface area (Å²) >= 11 is 0. The van der Waals surface area contributed by atoms with Gasteiger partial charge in [-0.1, -0.05) is 31.2 Å². The number of aryl methyl sites for hydroxylation is 2. The molecule has 6 nitrogen and oxygen atoms in total. The average molecular weight is 387 g/mol. The van der Waals surface area contributed by atoms with E-state index in [-0.39, 0.29) is 0 Å². The van der Waals surface area contributed by atoms with E-state index in [1.54, 1.807) is 0 Å². The average Bonchev–Trinajstić information content (AvgIpc) is 3.17. The number of benzene rings is 2. The van der Waals surface area contributed by atoms with E-state index >= 15 is 0 Å². The van der Waals surface area contributed by atoms with Crippen LogP contribution in [0.2, 0.25) is 0 Å². The number of anilines is 2. The molecule has 1 fully saturated rings. The second-order valence-corrected chi connectivity index (χ2v) is 7.88. The molecule has 0 radical (unpaired) electrons. The van der Waals surface area contributed by atoms with Crippen LogP contribution in [0.25, 0.3) is 16.7 Å².